The van der Waals surface area contributed by atoms with Crippen molar-refractivity contribution in [3.63, 3.8) is 0 Å². The van der Waals surface area contributed by atoms with Crippen LogP contribution in [0.1, 0.15) is 107 Å². The molecule has 1 aliphatic rings. The van der Waals surface area contributed by atoms with Crippen LogP contribution >= 0.6 is 11.6 Å². The quantitative estimate of drug-likeness (QED) is 0.325. The Labute approximate surface area is 218 Å². The highest BCUT2D eigenvalue weighted by molar-refractivity contribution is 7.92. The first-order valence-corrected chi connectivity index (χ1v) is 15.2. The fourth-order valence-corrected chi connectivity index (χ4v) is 6.50. The Morgan fingerprint density at radius 1 is 0.943 bits per heavy atom. The Balaban J connectivity index is 1.42. The van der Waals surface area contributed by atoms with Crippen molar-refractivity contribution in [1.29, 1.82) is 0 Å². The monoisotopic (exact) mass is 518 g/mol. The summed E-state index contributed by atoms with van der Waals surface area (Å²) in [5.74, 6) is 0.801. The third-order valence-electron chi connectivity index (χ3n) is 7.82. The first-order chi connectivity index (χ1) is 16.4. The van der Waals surface area contributed by atoms with Gasteiger partial charge in [-0.25, -0.2) is 8.42 Å². The number of sulfone groups is 1. The van der Waals surface area contributed by atoms with Gasteiger partial charge in [-0.1, -0.05) is 61.2 Å². The minimum absolute atomic E-state index is 0.301. The molecule has 0 heterocycles. The zero-order chi connectivity index (χ0) is 25.7. The molecule has 0 bridgehead atoms. The van der Waals surface area contributed by atoms with Crippen molar-refractivity contribution < 1.29 is 13.5 Å². The lowest BCUT2D eigenvalue weighted by Gasteiger charge is -2.37. The summed E-state index contributed by atoms with van der Waals surface area (Å²) in [6.07, 6.45) is 9.73. The summed E-state index contributed by atoms with van der Waals surface area (Å²) in [5, 5.41) is 11.9. The minimum atomic E-state index is -2.99. The van der Waals surface area contributed by atoms with E-state index in [1.165, 1.54) is 16.7 Å². The lowest BCUT2D eigenvalue weighted by Crippen LogP contribution is -2.30. The molecular formula is C30H43ClO3S. The van der Waals surface area contributed by atoms with Gasteiger partial charge in [0.05, 0.1) is 16.1 Å². The molecule has 1 N–H and O–H groups in total. The molecule has 1 saturated carbocycles. The van der Waals surface area contributed by atoms with Gasteiger partial charge in [-0.2, -0.15) is 0 Å². The van der Waals surface area contributed by atoms with Crippen molar-refractivity contribution in [2.75, 3.05) is 5.75 Å². The maximum atomic E-state index is 12.2. The lowest BCUT2D eigenvalue weighted by atomic mass is 9.73. The van der Waals surface area contributed by atoms with Gasteiger partial charge >= 0.3 is 0 Å². The van der Waals surface area contributed by atoms with Crippen LogP contribution in [0.4, 0.5) is 0 Å². The van der Waals surface area contributed by atoms with Crippen LogP contribution in [0, 0.1) is 6.92 Å². The van der Waals surface area contributed by atoms with E-state index in [4.69, 9.17) is 11.6 Å². The van der Waals surface area contributed by atoms with Crippen LogP contribution in [0.3, 0.4) is 0 Å². The fourth-order valence-electron chi connectivity index (χ4n) is 5.18. The summed E-state index contributed by atoms with van der Waals surface area (Å²) in [4.78, 5) is 0. The smallest absolute Gasteiger partial charge is 0.155 e. The van der Waals surface area contributed by atoms with Gasteiger partial charge in [0.25, 0.3) is 0 Å². The molecule has 194 valence electrons. The second kappa shape index (κ2) is 11.8. The van der Waals surface area contributed by atoms with Crippen molar-refractivity contribution >= 4 is 21.4 Å². The van der Waals surface area contributed by atoms with E-state index in [1.807, 2.05) is 24.3 Å². The van der Waals surface area contributed by atoms with Crippen LogP contribution < -0.4 is 0 Å². The van der Waals surface area contributed by atoms with Crippen LogP contribution in [-0.4, -0.2) is 24.0 Å². The lowest BCUT2D eigenvalue weighted by molar-refractivity contribution is -0.00566. The van der Waals surface area contributed by atoms with Gasteiger partial charge in [-0.3, -0.25) is 0 Å². The van der Waals surface area contributed by atoms with Gasteiger partial charge in [-0.05, 0) is 113 Å². The zero-order valence-corrected chi connectivity index (χ0v) is 23.5. The summed E-state index contributed by atoms with van der Waals surface area (Å²) in [6.45, 7) is 7.56. The SMILES string of the molecule is Cc1cc(C2CCC(O)(c3ccc(Cl)cc3)CC2)ccc1CCCCCCCS(=O)(=O)C(C)(C)C. The molecule has 3 nitrogen and oxygen atoms in total. The molecule has 0 amide bonds. The number of rotatable bonds is 10. The number of halogens is 1. The molecule has 3 rings (SSSR count). The molecule has 0 aromatic heterocycles. The first-order valence-electron chi connectivity index (χ1n) is 13.2. The van der Waals surface area contributed by atoms with E-state index in [0.717, 1.165) is 69.8 Å². The minimum Gasteiger partial charge on any atom is -0.385 e. The molecule has 1 aliphatic carbocycles. The van der Waals surface area contributed by atoms with Gasteiger partial charge in [0.15, 0.2) is 9.84 Å². The van der Waals surface area contributed by atoms with Crippen LogP contribution in [0.2, 0.25) is 5.02 Å². The molecule has 35 heavy (non-hydrogen) atoms. The van der Waals surface area contributed by atoms with Gasteiger partial charge in [0.2, 0.25) is 0 Å². The molecule has 5 heteroatoms. The van der Waals surface area contributed by atoms with Gasteiger partial charge in [-0.15, -0.1) is 0 Å². The molecule has 0 saturated heterocycles. The summed E-state index contributed by atoms with van der Waals surface area (Å²) >= 11 is 6.01. The molecule has 2 aromatic rings. The summed E-state index contributed by atoms with van der Waals surface area (Å²) in [5.41, 5.74) is 4.40. The van der Waals surface area contributed by atoms with E-state index in [1.54, 1.807) is 20.8 Å². The van der Waals surface area contributed by atoms with E-state index in [9.17, 15) is 13.5 Å². The van der Waals surface area contributed by atoms with Crippen LogP contribution in [-0.2, 0) is 21.9 Å². The standard InChI is InChI=1S/C30H43ClO3S/c1-23-22-26(25-17-19-30(32,20-18-25)27-13-15-28(31)16-14-27)12-11-24(23)10-8-6-5-7-9-21-35(33,34)29(2,3)4/h11-16,22,25,32H,5-10,17-21H2,1-4H3. The largest absolute Gasteiger partial charge is 0.385 e. The Morgan fingerprint density at radius 2 is 1.54 bits per heavy atom. The van der Waals surface area contributed by atoms with Gasteiger partial charge in [0.1, 0.15) is 0 Å². The average molecular weight is 519 g/mol. The predicted molar refractivity (Wildman–Crippen MR) is 148 cm³/mol. The second-order valence-electron chi connectivity index (χ2n) is 11.4. The molecule has 0 unspecified atom stereocenters. The van der Waals surface area contributed by atoms with E-state index < -0.39 is 20.2 Å². The molecule has 0 aliphatic heterocycles. The number of aliphatic hydroxyl groups is 1. The van der Waals surface area contributed by atoms with Crippen LogP contribution in [0.5, 0.6) is 0 Å². The van der Waals surface area contributed by atoms with Crippen molar-refractivity contribution in [1.82, 2.24) is 0 Å². The van der Waals surface area contributed by atoms with E-state index in [2.05, 4.69) is 25.1 Å². The number of aryl methyl sites for hydroxylation is 2. The molecule has 0 radical (unpaired) electrons. The Bertz CT molecular complexity index is 1060. The third kappa shape index (κ3) is 7.57. The van der Waals surface area contributed by atoms with Crippen molar-refractivity contribution in [3.8, 4) is 0 Å². The Kier molecular flexibility index (Phi) is 9.51. The number of hydrogen-bond acceptors (Lipinski definition) is 3. The maximum absolute atomic E-state index is 12.2. The van der Waals surface area contributed by atoms with E-state index in [0.29, 0.717) is 16.7 Å². The molecule has 2 aromatic carbocycles. The zero-order valence-electron chi connectivity index (χ0n) is 21.9. The van der Waals surface area contributed by atoms with Crippen LogP contribution in [0.15, 0.2) is 42.5 Å². The predicted octanol–water partition coefficient (Wildman–Crippen LogP) is 7.90. The molecular weight excluding hydrogens is 476 g/mol. The summed E-state index contributed by atoms with van der Waals surface area (Å²) in [7, 11) is -2.99. The maximum Gasteiger partial charge on any atom is 0.155 e. The van der Waals surface area contributed by atoms with Gasteiger partial charge in [0, 0.05) is 5.02 Å². The topological polar surface area (TPSA) is 54.4 Å². The molecule has 0 spiro atoms. The highest BCUT2D eigenvalue weighted by atomic mass is 35.5. The number of hydrogen-bond donors (Lipinski definition) is 1. The van der Waals surface area contributed by atoms with Crippen LogP contribution in [0.25, 0.3) is 0 Å². The summed E-state index contributed by atoms with van der Waals surface area (Å²) in [6, 6.07) is 14.6. The molecule has 1 fully saturated rings. The van der Waals surface area contributed by atoms with Crippen molar-refractivity contribution in [2.24, 2.45) is 0 Å². The normalized spacial score (nSPS) is 21.3. The Morgan fingerprint density at radius 3 is 2.14 bits per heavy atom. The highest BCUT2D eigenvalue weighted by Crippen LogP contribution is 2.43. The first kappa shape index (κ1) is 28.2. The molecule has 0 atom stereocenters. The number of benzene rings is 2. The average Bonchev–Trinajstić information content (AvgIpc) is 2.79. The third-order valence-corrected chi connectivity index (χ3v) is 10.8. The van der Waals surface area contributed by atoms with Crippen molar-refractivity contribution in [3.05, 3.63) is 69.7 Å². The van der Waals surface area contributed by atoms with Gasteiger partial charge < -0.3 is 5.11 Å². The van der Waals surface area contributed by atoms with Crippen molar-refractivity contribution in [2.45, 2.75) is 108 Å². The Hall–Kier alpha value is -1.36. The summed E-state index contributed by atoms with van der Waals surface area (Å²) < 4.78 is 23.7. The fraction of sp³-hybridized carbons (Fsp3) is 0.600. The van der Waals surface area contributed by atoms with E-state index >= 15 is 0 Å². The highest BCUT2D eigenvalue weighted by Gasteiger charge is 2.35. The van der Waals surface area contributed by atoms with E-state index in [-0.39, 0.29) is 0 Å². The number of unbranched alkanes of at least 4 members (excludes halogenated alkanes) is 4. The second-order valence-corrected chi connectivity index (χ2v) is 14.7.